The number of hydrogen-bond donors (Lipinski definition) is 0. The Balaban J connectivity index is 1.42. The molecule has 0 fully saturated rings. The molecule has 2 aromatic carbocycles. The molecule has 0 saturated carbocycles. The lowest BCUT2D eigenvalue weighted by atomic mass is 10.1. The average molecular weight is 367 g/mol. The molecule has 1 aliphatic rings. The number of carbonyl (C=O) groups is 1. The first-order valence-electron chi connectivity index (χ1n) is 8.29. The summed E-state index contributed by atoms with van der Waals surface area (Å²) in [4.78, 5) is 16.8. The van der Waals surface area contributed by atoms with Gasteiger partial charge in [0.05, 0.1) is 12.1 Å². The molecule has 0 unspecified atom stereocenters. The predicted octanol–water partition coefficient (Wildman–Crippen LogP) is 4.04. The molecule has 0 bridgehead atoms. The highest BCUT2D eigenvalue weighted by molar-refractivity contribution is 7.13. The Morgan fingerprint density at radius 1 is 1.15 bits per heavy atom. The van der Waals surface area contributed by atoms with Crippen molar-refractivity contribution in [3.05, 3.63) is 59.1 Å². The van der Waals surface area contributed by atoms with Gasteiger partial charge in [0, 0.05) is 17.0 Å². The Labute approximate surface area is 155 Å². The van der Waals surface area contributed by atoms with E-state index in [4.69, 9.17) is 14.2 Å². The Hall–Kier alpha value is -2.86. The number of rotatable bonds is 4. The van der Waals surface area contributed by atoms with E-state index in [9.17, 15) is 4.79 Å². The van der Waals surface area contributed by atoms with Gasteiger partial charge in [0.1, 0.15) is 24.0 Å². The van der Waals surface area contributed by atoms with Crippen molar-refractivity contribution in [2.24, 2.45) is 0 Å². The van der Waals surface area contributed by atoms with Crippen molar-refractivity contribution in [3.63, 3.8) is 0 Å². The molecule has 0 N–H and O–H groups in total. The second-order valence-electron chi connectivity index (χ2n) is 5.97. The number of thiazole rings is 1. The Morgan fingerprint density at radius 2 is 2.00 bits per heavy atom. The zero-order valence-corrected chi connectivity index (χ0v) is 15.0. The number of aromatic nitrogens is 1. The van der Waals surface area contributed by atoms with E-state index in [2.05, 4.69) is 11.1 Å². The van der Waals surface area contributed by atoms with E-state index in [1.54, 1.807) is 18.2 Å². The molecule has 0 atom stereocenters. The number of benzene rings is 2. The summed E-state index contributed by atoms with van der Waals surface area (Å²) in [6.45, 7) is 3.06. The first kappa shape index (κ1) is 16.6. The van der Waals surface area contributed by atoms with Crippen molar-refractivity contribution < 1.29 is 19.0 Å². The van der Waals surface area contributed by atoms with E-state index in [0.29, 0.717) is 36.2 Å². The third kappa shape index (κ3) is 3.70. The fourth-order valence-corrected chi connectivity index (χ4v) is 3.52. The quantitative estimate of drug-likeness (QED) is 0.515. The Bertz CT molecular complexity index is 950. The van der Waals surface area contributed by atoms with Crippen molar-refractivity contribution in [2.75, 3.05) is 13.2 Å². The Morgan fingerprint density at radius 3 is 2.85 bits per heavy atom. The summed E-state index contributed by atoms with van der Waals surface area (Å²) in [6.07, 6.45) is 0.122. The molecule has 132 valence electrons. The van der Waals surface area contributed by atoms with Gasteiger partial charge in [-0.25, -0.2) is 4.98 Å². The average Bonchev–Trinajstić information content (AvgIpc) is 3.10. The largest absolute Gasteiger partial charge is 0.486 e. The lowest BCUT2D eigenvalue weighted by molar-refractivity contribution is -0.133. The monoisotopic (exact) mass is 367 g/mol. The molecule has 5 nitrogen and oxygen atoms in total. The number of esters is 1. The number of nitrogens with zero attached hydrogens (tertiary/aromatic N) is 1. The predicted molar refractivity (Wildman–Crippen MR) is 99.1 cm³/mol. The van der Waals surface area contributed by atoms with Gasteiger partial charge in [-0.05, 0) is 25.1 Å². The summed E-state index contributed by atoms with van der Waals surface area (Å²) in [5.41, 5.74) is 2.94. The molecular formula is C20H17NO4S. The normalized spacial score (nSPS) is 12.7. The highest BCUT2D eigenvalue weighted by Crippen LogP contribution is 2.33. The molecule has 2 heterocycles. The van der Waals surface area contributed by atoms with E-state index in [1.807, 2.05) is 30.5 Å². The van der Waals surface area contributed by atoms with E-state index >= 15 is 0 Å². The van der Waals surface area contributed by atoms with Crippen LogP contribution in [0.25, 0.3) is 10.6 Å². The molecule has 6 heteroatoms. The van der Waals surface area contributed by atoms with E-state index < -0.39 is 0 Å². The van der Waals surface area contributed by atoms with E-state index in [1.165, 1.54) is 16.9 Å². The van der Waals surface area contributed by atoms with E-state index in [-0.39, 0.29) is 12.4 Å². The summed E-state index contributed by atoms with van der Waals surface area (Å²) in [5, 5.41) is 2.79. The molecule has 0 amide bonds. The van der Waals surface area contributed by atoms with E-state index in [0.717, 1.165) is 10.6 Å². The zero-order valence-electron chi connectivity index (χ0n) is 14.2. The molecule has 0 spiro atoms. The lowest BCUT2D eigenvalue weighted by Crippen LogP contribution is -2.16. The van der Waals surface area contributed by atoms with Gasteiger partial charge in [0.15, 0.2) is 11.5 Å². The van der Waals surface area contributed by atoms with Crippen LogP contribution in [0.1, 0.15) is 11.3 Å². The fourth-order valence-electron chi connectivity index (χ4n) is 2.70. The maximum atomic E-state index is 12.2. The minimum absolute atomic E-state index is 0.122. The number of ether oxygens (including phenoxy) is 3. The van der Waals surface area contributed by atoms with Crippen LogP contribution in [0.4, 0.5) is 0 Å². The van der Waals surface area contributed by atoms with Crippen LogP contribution in [-0.2, 0) is 11.2 Å². The molecule has 0 radical (unpaired) electrons. The minimum atomic E-state index is -0.359. The molecule has 4 rings (SSSR count). The first-order chi connectivity index (χ1) is 12.7. The fraction of sp³-hybridized carbons (Fsp3) is 0.200. The molecule has 1 aliphatic heterocycles. The number of aryl methyl sites for hydroxylation is 1. The van der Waals surface area contributed by atoms with Crippen LogP contribution in [-0.4, -0.2) is 24.2 Å². The summed E-state index contributed by atoms with van der Waals surface area (Å²) in [7, 11) is 0. The van der Waals surface area contributed by atoms with Gasteiger partial charge < -0.3 is 14.2 Å². The first-order valence-corrected chi connectivity index (χ1v) is 9.17. The summed E-state index contributed by atoms with van der Waals surface area (Å²) in [5.74, 6) is 1.34. The topological polar surface area (TPSA) is 57.7 Å². The number of fused-ring (bicyclic) bond motifs is 1. The summed E-state index contributed by atoms with van der Waals surface area (Å²) < 4.78 is 16.4. The third-order valence-corrected chi connectivity index (χ3v) is 4.83. The minimum Gasteiger partial charge on any atom is -0.486 e. The number of carbonyl (C=O) groups excluding carboxylic acids is 1. The van der Waals surface area contributed by atoms with Gasteiger partial charge in [-0.3, -0.25) is 4.79 Å². The van der Waals surface area contributed by atoms with Crippen molar-refractivity contribution in [2.45, 2.75) is 13.3 Å². The highest BCUT2D eigenvalue weighted by atomic mass is 32.1. The van der Waals surface area contributed by atoms with Crippen LogP contribution in [0.15, 0.2) is 47.8 Å². The number of hydrogen-bond acceptors (Lipinski definition) is 6. The molecule has 0 aliphatic carbocycles. The standard InChI is InChI=1S/C20H17NO4S/c1-13-3-2-4-14(9-13)20-21-15(12-26-20)10-19(22)25-16-5-6-17-18(11-16)24-8-7-23-17/h2-6,9,11-12H,7-8,10H2,1H3. The van der Waals surface area contributed by atoms with Gasteiger partial charge in [0.25, 0.3) is 0 Å². The molecule has 26 heavy (non-hydrogen) atoms. The maximum Gasteiger partial charge on any atom is 0.317 e. The Kier molecular flexibility index (Phi) is 4.58. The van der Waals surface area contributed by atoms with Crippen LogP contribution in [0, 0.1) is 6.92 Å². The smallest absolute Gasteiger partial charge is 0.317 e. The third-order valence-electron chi connectivity index (χ3n) is 3.89. The van der Waals surface area contributed by atoms with Crippen molar-refractivity contribution in [1.29, 1.82) is 0 Å². The van der Waals surface area contributed by atoms with Crippen LogP contribution >= 0.6 is 11.3 Å². The summed E-state index contributed by atoms with van der Waals surface area (Å²) in [6, 6.07) is 13.3. The van der Waals surface area contributed by atoms with Gasteiger partial charge in [-0.15, -0.1) is 11.3 Å². The lowest BCUT2D eigenvalue weighted by Gasteiger charge is -2.18. The molecule has 0 saturated heterocycles. The van der Waals surface area contributed by atoms with Crippen LogP contribution in [0.3, 0.4) is 0 Å². The SMILES string of the molecule is Cc1cccc(-c2nc(CC(=O)Oc3ccc4c(c3)OCCO4)cs2)c1. The van der Waals surface area contributed by atoms with Crippen molar-refractivity contribution in [3.8, 4) is 27.8 Å². The molecule has 3 aromatic rings. The second kappa shape index (κ2) is 7.17. The van der Waals surface area contributed by atoms with Gasteiger partial charge in [0.2, 0.25) is 0 Å². The maximum absolute atomic E-state index is 12.2. The highest BCUT2D eigenvalue weighted by Gasteiger charge is 2.15. The van der Waals surface area contributed by atoms with Crippen LogP contribution in [0.2, 0.25) is 0 Å². The second-order valence-corrected chi connectivity index (χ2v) is 6.83. The van der Waals surface area contributed by atoms with Gasteiger partial charge in [-0.1, -0.05) is 23.8 Å². The van der Waals surface area contributed by atoms with Gasteiger partial charge >= 0.3 is 5.97 Å². The van der Waals surface area contributed by atoms with Crippen LogP contribution in [0.5, 0.6) is 17.2 Å². The van der Waals surface area contributed by atoms with Crippen molar-refractivity contribution >= 4 is 17.3 Å². The van der Waals surface area contributed by atoms with Gasteiger partial charge in [-0.2, -0.15) is 0 Å². The zero-order chi connectivity index (χ0) is 17.9. The molecular weight excluding hydrogens is 350 g/mol. The molecule has 1 aromatic heterocycles. The van der Waals surface area contributed by atoms with Crippen molar-refractivity contribution in [1.82, 2.24) is 4.98 Å². The van der Waals surface area contributed by atoms with Crippen LogP contribution < -0.4 is 14.2 Å². The summed E-state index contributed by atoms with van der Waals surface area (Å²) >= 11 is 1.52.